The summed E-state index contributed by atoms with van der Waals surface area (Å²) in [6, 6.07) is 15.7. The van der Waals surface area contributed by atoms with Gasteiger partial charge in [-0.1, -0.05) is 0 Å². The van der Waals surface area contributed by atoms with Crippen LogP contribution in [0.3, 0.4) is 0 Å². The number of hydrogen-bond acceptors (Lipinski definition) is 6. The predicted molar refractivity (Wildman–Crippen MR) is 111 cm³/mol. The zero-order valence-electron chi connectivity index (χ0n) is 15.3. The Morgan fingerprint density at radius 1 is 1.25 bits per heavy atom. The summed E-state index contributed by atoms with van der Waals surface area (Å²) in [7, 11) is 1.61. The van der Waals surface area contributed by atoms with Gasteiger partial charge in [0.2, 0.25) is 11.8 Å². The molecule has 144 valence electrons. The van der Waals surface area contributed by atoms with Crippen LogP contribution in [0.25, 0.3) is 0 Å². The third-order valence-electron chi connectivity index (χ3n) is 4.21. The summed E-state index contributed by atoms with van der Waals surface area (Å²) in [5.41, 5.74) is 1.14. The Hall–Kier alpha value is -2.63. The van der Waals surface area contributed by atoms with E-state index >= 15 is 0 Å². The first kappa shape index (κ1) is 20.1. The Morgan fingerprint density at radius 3 is 2.61 bits per heavy atom. The van der Waals surface area contributed by atoms with Crippen molar-refractivity contribution < 1.29 is 14.3 Å². The van der Waals surface area contributed by atoms with Crippen LogP contribution in [0.1, 0.15) is 5.56 Å². The maximum Gasteiger partial charge on any atom is 0.248 e. The van der Waals surface area contributed by atoms with E-state index in [2.05, 4.69) is 5.32 Å². The van der Waals surface area contributed by atoms with Gasteiger partial charge < -0.3 is 15.0 Å². The van der Waals surface area contributed by atoms with E-state index in [-0.39, 0.29) is 17.6 Å². The number of carbonyl (C=O) groups excluding carboxylic acids is 2. The molecule has 8 heteroatoms. The fourth-order valence-corrected chi connectivity index (χ4v) is 4.62. The monoisotopic (exact) mass is 413 g/mol. The largest absolute Gasteiger partial charge is 0.497 e. The van der Waals surface area contributed by atoms with E-state index in [1.807, 2.05) is 30.3 Å². The summed E-state index contributed by atoms with van der Waals surface area (Å²) in [5, 5.41) is 11.7. The minimum Gasteiger partial charge on any atom is -0.497 e. The van der Waals surface area contributed by atoms with E-state index in [1.165, 1.54) is 11.8 Å². The number of rotatable bonds is 6. The maximum atomic E-state index is 12.6. The van der Waals surface area contributed by atoms with Crippen LogP contribution >= 0.6 is 23.5 Å². The van der Waals surface area contributed by atoms with Gasteiger partial charge in [-0.2, -0.15) is 5.26 Å². The molecular formula is C20H19N3O3S2. The van der Waals surface area contributed by atoms with E-state index < -0.39 is 6.04 Å². The summed E-state index contributed by atoms with van der Waals surface area (Å²) in [6.45, 7) is 0. The van der Waals surface area contributed by atoms with Crippen molar-refractivity contribution in [3.63, 3.8) is 0 Å². The number of benzene rings is 2. The fourth-order valence-electron chi connectivity index (χ4n) is 2.66. The second-order valence-corrected chi connectivity index (χ2v) is 8.07. The Kier molecular flexibility index (Phi) is 6.85. The number of nitrogens with one attached hydrogen (secondary N) is 1. The molecular weight excluding hydrogens is 394 g/mol. The molecule has 1 atom stereocenters. The van der Waals surface area contributed by atoms with Crippen LogP contribution in [-0.2, 0) is 9.59 Å². The molecule has 0 spiro atoms. The lowest BCUT2D eigenvalue weighted by molar-refractivity contribution is -0.134. The van der Waals surface area contributed by atoms with Gasteiger partial charge in [0.05, 0.1) is 30.4 Å². The first-order chi connectivity index (χ1) is 13.6. The lowest BCUT2D eigenvalue weighted by Gasteiger charge is -2.23. The van der Waals surface area contributed by atoms with Crippen LogP contribution in [0.5, 0.6) is 5.75 Å². The Balaban J connectivity index is 1.56. The standard InChI is InChI=1S/C20H19N3O3S2/c1-26-16-6-8-17(9-7-16)28-12-19(24)23-13-27-11-18(23)20(25)22-15-4-2-14(10-21)3-5-15/h2-9,18H,11-13H2,1H3,(H,22,25). The average Bonchev–Trinajstić information content (AvgIpc) is 3.23. The Labute approximate surface area is 172 Å². The van der Waals surface area contributed by atoms with Gasteiger partial charge in [0.15, 0.2) is 0 Å². The Bertz CT molecular complexity index is 879. The van der Waals surface area contributed by atoms with E-state index in [0.29, 0.717) is 22.9 Å². The molecule has 2 aromatic carbocycles. The van der Waals surface area contributed by atoms with E-state index in [0.717, 1.165) is 10.6 Å². The van der Waals surface area contributed by atoms with Gasteiger partial charge in [0.1, 0.15) is 11.8 Å². The SMILES string of the molecule is COc1ccc(SCC(=O)N2CSCC2C(=O)Nc2ccc(C#N)cc2)cc1. The first-order valence-electron chi connectivity index (χ1n) is 8.56. The molecule has 1 heterocycles. The average molecular weight is 414 g/mol. The van der Waals surface area contributed by atoms with Gasteiger partial charge in [-0.25, -0.2) is 0 Å². The van der Waals surface area contributed by atoms with Crippen molar-refractivity contribution in [3.8, 4) is 11.8 Å². The normalized spacial score (nSPS) is 15.7. The molecule has 0 bridgehead atoms. The number of amides is 2. The van der Waals surface area contributed by atoms with Crippen molar-refractivity contribution >= 4 is 41.0 Å². The van der Waals surface area contributed by atoms with Crippen LogP contribution in [0, 0.1) is 11.3 Å². The molecule has 3 rings (SSSR count). The van der Waals surface area contributed by atoms with Gasteiger partial charge in [0.25, 0.3) is 0 Å². The second kappa shape index (κ2) is 9.53. The zero-order valence-corrected chi connectivity index (χ0v) is 16.9. The number of nitrogens with zero attached hydrogens (tertiary/aromatic N) is 2. The number of ether oxygens (including phenoxy) is 1. The summed E-state index contributed by atoms with van der Waals surface area (Å²) < 4.78 is 5.13. The third kappa shape index (κ3) is 5.00. The molecule has 6 nitrogen and oxygen atoms in total. The van der Waals surface area contributed by atoms with Crippen molar-refractivity contribution in [1.29, 1.82) is 5.26 Å². The lowest BCUT2D eigenvalue weighted by atomic mass is 10.2. The van der Waals surface area contributed by atoms with Crippen molar-refractivity contribution in [2.24, 2.45) is 0 Å². The van der Waals surface area contributed by atoms with Crippen LogP contribution in [0.2, 0.25) is 0 Å². The molecule has 0 radical (unpaired) electrons. The number of nitriles is 1. The molecule has 1 aliphatic rings. The van der Waals surface area contributed by atoms with Crippen LogP contribution in [-0.4, -0.2) is 47.2 Å². The Morgan fingerprint density at radius 2 is 1.96 bits per heavy atom. The van der Waals surface area contributed by atoms with Gasteiger partial charge in [-0.15, -0.1) is 23.5 Å². The number of methoxy groups -OCH3 is 1. The molecule has 2 amide bonds. The topological polar surface area (TPSA) is 82.4 Å². The molecule has 0 aromatic heterocycles. The zero-order chi connectivity index (χ0) is 19.9. The molecule has 1 unspecified atom stereocenters. The highest BCUT2D eigenvalue weighted by Crippen LogP contribution is 2.26. The van der Waals surface area contributed by atoms with Crippen molar-refractivity contribution in [3.05, 3.63) is 54.1 Å². The molecule has 1 saturated heterocycles. The number of hydrogen-bond donors (Lipinski definition) is 1. The number of carbonyl (C=O) groups is 2. The molecule has 0 saturated carbocycles. The summed E-state index contributed by atoms with van der Waals surface area (Å²) >= 11 is 3.00. The number of anilines is 1. The van der Waals surface area contributed by atoms with Gasteiger partial charge >= 0.3 is 0 Å². The quantitative estimate of drug-likeness (QED) is 0.733. The molecule has 1 aliphatic heterocycles. The van der Waals surface area contributed by atoms with Crippen LogP contribution < -0.4 is 10.1 Å². The molecule has 1 N–H and O–H groups in total. The maximum absolute atomic E-state index is 12.6. The third-order valence-corrected chi connectivity index (χ3v) is 6.22. The van der Waals surface area contributed by atoms with Crippen LogP contribution in [0.4, 0.5) is 5.69 Å². The molecule has 28 heavy (non-hydrogen) atoms. The highest BCUT2D eigenvalue weighted by atomic mass is 32.2. The van der Waals surface area contributed by atoms with Crippen LogP contribution in [0.15, 0.2) is 53.4 Å². The minimum absolute atomic E-state index is 0.0641. The van der Waals surface area contributed by atoms with E-state index in [9.17, 15) is 9.59 Å². The smallest absolute Gasteiger partial charge is 0.248 e. The molecule has 1 fully saturated rings. The minimum atomic E-state index is -0.496. The van der Waals surface area contributed by atoms with E-state index in [4.69, 9.17) is 10.00 Å². The lowest BCUT2D eigenvalue weighted by Crippen LogP contribution is -2.45. The van der Waals surface area contributed by atoms with Gasteiger partial charge in [-0.05, 0) is 48.5 Å². The van der Waals surface area contributed by atoms with Crippen molar-refractivity contribution in [2.75, 3.05) is 29.8 Å². The summed E-state index contributed by atoms with van der Waals surface area (Å²) in [6.07, 6.45) is 0. The fraction of sp³-hybridized carbons (Fsp3) is 0.250. The van der Waals surface area contributed by atoms with Gasteiger partial charge in [-0.3, -0.25) is 9.59 Å². The van der Waals surface area contributed by atoms with E-state index in [1.54, 1.807) is 48.0 Å². The number of thioether (sulfide) groups is 2. The van der Waals surface area contributed by atoms with Gasteiger partial charge in [0, 0.05) is 16.3 Å². The molecule has 2 aromatic rings. The predicted octanol–water partition coefficient (Wildman–Crippen LogP) is 3.20. The first-order valence-corrected chi connectivity index (χ1v) is 10.7. The second-order valence-electron chi connectivity index (χ2n) is 6.02. The highest BCUT2D eigenvalue weighted by Gasteiger charge is 2.34. The summed E-state index contributed by atoms with van der Waals surface area (Å²) in [5.74, 6) is 1.84. The summed E-state index contributed by atoms with van der Waals surface area (Å²) in [4.78, 5) is 27.9. The van der Waals surface area contributed by atoms with Crippen molar-refractivity contribution in [2.45, 2.75) is 10.9 Å². The highest BCUT2D eigenvalue weighted by molar-refractivity contribution is 8.00. The van der Waals surface area contributed by atoms with Crippen molar-refractivity contribution in [1.82, 2.24) is 4.90 Å². The molecule has 0 aliphatic carbocycles.